The van der Waals surface area contributed by atoms with Crippen molar-refractivity contribution in [2.45, 2.75) is 18.7 Å². The molecule has 0 radical (unpaired) electrons. The number of aliphatic hydroxyl groups is 1. The molecule has 1 heterocycles. The normalized spacial score (nSPS) is 13.0. The summed E-state index contributed by atoms with van der Waals surface area (Å²) in [6.45, 7) is 0.153. The topological polar surface area (TPSA) is 91.4 Å². The van der Waals surface area contributed by atoms with Crippen LogP contribution in [0, 0.1) is 0 Å². The lowest BCUT2D eigenvalue weighted by Gasteiger charge is -2.10. The van der Waals surface area contributed by atoms with Crippen molar-refractivity contribution in [3.8, 4) is 0 Å². The Morgan fingerprint density at radius 1 is 1.48 bits per heavy atom. The average Bonchev–Trinajstić information content (AvgIpc) is 2.37. The lowest BCUT2D eigenvalue weighted by atomic mass is 10.2. The molecule has 1 atom stereocenters. The Balaban J connectivity index is 2.65. The van der Waals surface area contributed by atoms with Crippen LogP contribution < -0.4 is 10.9 Å². The first-order valence-corrected chi connectivity index (χ1v) is 6.01. The zero-order valence-corrected chi connectivity index (χ0v) is 11.2. The largest absolute Gasteiger partial charge is 0.431 e. The molecular formula is C12H15F3N2O4. The molecule has 0 aromatic carbocycles. The first kappa shape index (κ1) is 17.2. The molecule has 6 nitrogen and oxygen atoms in total. The molecular weight excluding hydrogens is 293 g/mol. The summed E-state index contributed by atoms with van der Waals surface area (Å²) in [5, 5.41) is 11.7. The lowest BCUT2D eigenvalue weighted by molar-refractivity contribution is -0.141. The molecule has 3 N–H and O–H groups in total. The quantitative estimate of drug-likeness (QED) is 0.714. The van der Waals surface area contributed by atoms with E-state index >= 15 is 0 Å². The minimum atomic E-state index is -4.68. The molecule has 0 saturated heterocycles. The molecule has 21 heavy (non-hydrogen) atoms. The molecule has 0 aliphatic carbocycles. The van der Waals surface area contributed by atoms with Gasteiger partial charge in [-0.3, -0.25) is 9.59 Å². The smallest absolute Gasteiger partial charge is 0.391 e. The van der Waals surface area contributed by atoms with Gasteiger partial charge >= 0.3 is 6.18 Å². The van der Waals surface area contributed by atoms with E-state index in [4.69, 9.17) is 0 Å². The van der Waals surface area contributed by atoms with Gasteiger partial charge < -0.3 is 20.1 Å². The second-order valence-electron chi connectivity index (χ2n) is 4.27. The van der Waals surface area contributed by atoms with Gasteiger partial charge in [0.25, 0.3) is 11.5 Å². The Morgan fingerprint density at radius 2 is 2.14 bits per heavy atom. The summed E-state index contributed by atoms with van der Waals surface area (Å²) >= 11 is 0. The number of carbonyl (C=O) groups excluding carboxylic acids is 1. The van der Waals surface area contributed by atoms with Gasteiger partial charge in [0.15, 0.2) is 0 Å². The average molecular weight is 308 g/mol. The van der Waals surface area contributed by atoms with E-state index in [1.165, 1.54) is 7.11 Å². The molecule has 0 aliphatic heterocycles. The minimum Gasteiger partial charge on any atom is -0.391 e. The Hall–Kier alpha value is -1.87. The van der Waals surface area contributed by atoms with E-state index in [0.29, 0.717) is 6.07 Å². The number of nitrogens with one attached hydrogen (secondary N) is 2. The molecule has 1 aromatic rings. The molecule has 118 valence electrons. The number of ether oxygens (including phenoxy) is 1. The number of aromatic amines is 1. The van der Waals surface area contributed by atoms with Crippen molar-refractivity contribution in [2.75, 3.05) is 20.3 Å². The van der Waals surface area contributed by atoms with Gasteiger partial charge in [-0.2, -0.15) is 13.2 Å². The van der Waals surface area contributed by atoms with E-state index in [0.717, 1.165) is 6.07 Å². The summed E-state index contributed by atoms with van der Waals surface area (Å²) in [4.78, 5) is 24.7. The van der Waals surface area contributed by atoms with Crippen molar-refractivity contribution in [1.29, 1.82) is 0 Å². The molecule has 0 aliphatic rings. The Kier molecular flexibility index (Phi) is 5.91. The first-order valence-electron chi connectivity index (χ1n) is 6.01. The predicted molar refractivity (Wildman–Crippen MR) is 66.9 cm³/mol. The van der Waals surface area contributed by atoms with Crippen LogP contribution in [0.4, 0.5) is 13.2 Å². The van der Waals surface area contributed by atoms with Crippen LogP contribution in [0.3, 0.4) is 0 Å². The number of carbonyl (C=O) groups is 1. The number of aromatic nitrogens is 1. The number of halogens is 3. The van der Waals surface area contributed by atoms with Crippen LogP contribution in [-0.2, 0) is 10.9 Å². The van der Waals surface area contributed by atoms with E-state index in [9.17, 15) is 27.9 Å². The van der Waals surface area contributed by atoms with Crippen LogP contribution in [0.25, 0.3) is 0 Å². The second kappa shape index (κ2) is 7.23. The van der Waals surface area contributed by atoms with Crippen LogP contribution in [0.1, 0.15) is 22.5 Å². The fraction of sp³-hybridized carbons (Fsp3) is 0.500. The van der Waals surface area contributed by atoms with Gasteiger partial charge in [-0.15, -0.1) is 0 Å². The third-order valence-electron chi connectivity index (χ3n) is 2.58. The highest BCUT2D eigenvalue weighted by molar-refractivity contribution is 5.93. The highest BCUT2D eigenvalue weighted by atomic mass is 19.4. The number of methoxy groups -OCH3 is 1. The van der Waals surface area contributed by atoms with E-state index < -0.39 is 35.0 Å². The number of rotatable bonds is 6. The zero-order chi connectivity index (χ0) is 16.0. The lowest BCUT2D eigenvalue weighted by Crippen LogP contribution is -2.33. The number of pyridine rings is 1. The number of hydrogen-bond donors (Lipinski definition) is 3. The highest BCUT2D eigenvalue weighted by Gasteiger charge is 2.32. The van der Waals surface area contributed by atoms with Crippen molar-refractivity contribution in [1.82, 2.24) is 10.3 Å². The SMILES string of the molecule is COCC(O)CCNC(=O)c1ccc(C(F)(F)F)[nH]c1=O. The summed E-state index contributed by atoms with van der Waals surface area (Å²) in [7, 11) is 1.41. The fourth-order valence-corrected chi connectivity index (χ4v) is 1.54. The summed E-state index contributed by atoms with van der Waals surface area (Å²) in [5.41, 5.74) is -2.77. The number of hydrogen-bond acceptors (Lipinski definition) is 4. The number of H-pyrrole nitrogens is 1. The number of aliphatic hydroxyl groups excluding tert-OH is 1. The zero-order valence-electron chi connectivity index (χ0n) is 11.2. The molecule has 0 spiro atoms. The minimum absolute atomic E-state index is 0.0593. The molecule has 1 aromatic heterocycles. The molecule has 1 amide bonds. The Bertz CT molecular complexity index is 542. The molecule has 1 unspecified atom stereocenters. The number of amides is 1. The van der Waals surface area contributed by atoms with Crippen LogP contribution >= 0.6 is 0 Å². The van der Waals surface area contributed by atoms with Gasteiger partial charge in [-0.25, -0.2) is 0 Å². The third-order valence-corrected chi connectivity index (χ3v) is 2.58. The highest BCUT2D eigenvalue weighted by Crippen LogP contribution is 2.26. The van der Waals surface area contributed by atoms with Crippen LogP contribution in [0.2, 0.25) is 0 Å². The van der Waals surface area contributed by atoms with Gasteiger partial charge in [0.05, 0.1) is 12.7 Å². The predicted octanol–water partition coefficient (Wildman–Crippen LogP) is 0.521. The van der Waals surface area contributed by atoms with Gasteiger partial charge in [-0.05, 0) is 18.6 Å². The molecule has 1 rings (SSSR count). The van der Waals surface area contributed by atoms with Crippen molar-refractivity contribution < 1.29 is 27.8 Å². The standard InChI is InChI=1S/C12H15F3N2O4/c1-21-6-7(18)4-5-16-10(19)8-2-3-9(12(13,14)15)17-11(8)20/h2-3,7,18H,4-6H2,1H3,(H,16,19)(H,17,20). The second-order valence-corrected chi connectivity index (χ2v) is 4.27. The van der Waals surface area contributed by atoms with Crippen molar-refractivity contribution in [3.05, 3.63) is 33.7 Å². The number of alkyl halides is 3. The van der Waals surface area contributed by atoms with E-state index in [1.54, 1.807) is 4.98 Å². The maximum absolute atomic E-state index is 12.4. The van der Waals surface area contributed by atoms with Crippen molar-refractivity contribution in [2.24, 2.45) is 0 Å². The van der Waals surface area contributed by atoms with Crippen molar-refractivity contribution in [3.63, 3.8) is 0 Å². The van der Waals surface area contributed by atoms with Crippen molar-refractivity contribution >= 4 is 5.91 Å². The Labute approximate surface area is 117 Å². The van der Waals surface area contributed by atoms with Gasteiger partial charge in [-0.1, -0.05) is 0 Å². The maximum Gasteiger partial charge on any atom is 0.431 e. The van der Waals surface area contributed by atoms with Gasteiger partial charge in [0.2, 0.25) is 0 Å². The summed E-state index contributed by atoms with van der Waals surface area (Å²) < 4.78 is 41.7. The van der Waals surface area contributed by atoms with E-state index in [-0.39, 0.29) is 19.6 Å². The monoisotopic (exact) mass is 308 g/mol. The maximum atomic E-state index is 12.4. The Morgan fingerprint density at radius 3 is 2.67 bits per heavy atom. The van der Waals surface area contributed by atoms with Crippen LogP contribution in [-0.4, -0.2) is 42.4 Å². The summed E-state index contributed by atoms with van der Waals surface area (Å²) in [5.74, 6) is -0.811. The van der Waals surface area contributed by atoms with Gasteiger partial charge in [0.1, 0.15) is 11.3 Å². The fourth-order valence-electron chi connectivity index (χ4n) is 1.54. The third kappa shape index (κ3) is 5.20. The molecule has 9 heteroatoms. The first-order chi connectivity index (χ1) is 9.75. The molecule has 0 saturated carbocycles. The molecule has 0 fully saturated rings. The summed E-state index contributed by atoms with van der Waals surface area (Å²) in [6.07, 6.45) is -5.27. The van der Waals surface area contributed by atoms with Gasteiger partial charge in [0, 0.05) is 13.7 Å². The molecule has 0 bridgehead atoms. The van der Waals surface area contributed by atoms with Crippen LogP contribution in [0.15, 0.2) is 16.9 Å². The van der Waals surface area contributed by atoms with E-state index in [2.05, 4.69) is 10.1 Å². The van der Waals surface area contributed by atoms with E-state index in [1.807, 2.05) is 0 Å². The summed E-state index contributed by atoms with van der Waals surface area (Å²) in [6, 6.07) is 1.43. The van der Waals surface area contributed by atoms with Crippen LogP contribution in [0.5, 0.6) is 0 Å².